The maximum absolute atomic E-state index is 9.44. The topological polar surface area (TPSA) is 78.3 Å². The average Bonchev–Trinajstić information content (AvgIpc) is 2.17. The van der Waals surface area contributed by atoms with Gasteiger partial charge in [0, 0.05) is 6.54 Å². The van der Waals surface area contributed by atoms with Gasteiger partial charge in [-0.2, -0.15) is 0 Å². The zero-order chi connectivity index (χ0) is 10.6. The van der Waals surface area contributed by atoms with Crippen LogP contribution in [0.15, 0.2) is 12.4 Å². The fraction of sp³-hybridized carbons (Fsp3) is 0.500. The van der Waals surface area contributed by atoms with Crippen molar-refractivity contribution in [3.63, 3.8) is 0 Å². The monoisotopic (exact) mass is 217 g/mol. The van der Waals surface area contributed by atoms with Gasteiger partial charge < -0.3 is 15.5 Å². The number of nitrogens with one attached hydrogen (secondary N) is 1. The van der Waals surface area contributed by atoms with Crippen molar-refractivity contribution in [2.45, 2.75) is 12.5 Å². The van der Waals surface area contributed by atoms with E-state index in [0.717, 1.165) is 0 Å². The Morgan fingerprint density at radius 3 is 2.57 bits per heavy atom. The van der Waals surface area contributed by atoms with Crippen LogP contribution < -0.4 is 5.32 Å². The minimum absolute atomic E-state index is 0.172. The van der Waals surface area contributed by atoms with Gasteiger partial charge in [0.2, 0.25) is 5.95 Å². The summed E-state index contributed by atoms with van der Waals surface area (Å²) in [6.45, 7) is 1.36. The van der Waals surface area contributed by atoms with Gasteiger partial charge in [0.05, 0.1) is 24.0 Å². The molecule has 0 saturated carbocycles. The van der Waals surface area contributed by atoms with Crippen molar-refractivity contribution >= 4 is 17.5 Å². The zero-order valence-electron chi connectivity index (χ0n) is 7.74. The third-order valence-electron chi connectivity index (χ3n) is 1.59. The van der Waals surface area contributed by atoms with Crippen molar-refractivity contribution in [1.29, 1.82) is 0 Å². The molecule has 0 aliphatic rings. The first-order valence-electron chi connectivity index (χ1n) is 4.08. The number of halogens is 1. The Kier molecular flexibility index (Phi) is 3.62. The highest BCUT2D eigenvalue weighted by atomic mass is 35.5. The molecule has 1 rings (SSSR count). The van der Waals surface area contributed by atoms with Gasteiger partial charge in [0.1, 0.15) is 5.60 Å². The number of hydrogen-bond acceptors (Lipinski definition) is 5. The molecule has 3 N–H and O–H groups in total. The van der Waals surface area contributed by atoms with Crippen molar-refractivity contribution in [2.24, 2.45) is 0 Å². The Morgan fingerprint density at radius 2 is 2.07 bits per heavy atom. The third-order valence-corrected chi connectivity index (χ3v) is 1.78. The van der Waals surface area contributed by atoms with Gasteiger partial charge in [0.25, 0.3) is 0 Å². The molecule has 1 heterocycles. The van der Waals surface area contributed by atoms with Crippen LogP contribution in [0, 0.1) is 0 Å². The SMILES string of the molecule is C[C@@](O)(CO)CNc1ncc(Cl)cn1. The van der Waals surface area contributed by atoms with E-state index in [9.17, 15) is 5.11 Å². The second-order valence-electron chi connectivity index (χ2n) is 3.23. The molecule has 0 radical (unpaired) electrons. The van der Waals surface area contributed by atoms with Crippen LogP contribution >= 0.6 is 11.6 Å². The fourth-order valence-corrected chi connectivity index (χ4v) is 0.827. The molecule has 0 saturated heterocycles. The Balaban J connectivity index is 2.50. The van der Waals surface area contributed by atoms with E-state index in [1.54, 1.807) is 0 Å². The van der Waals surface area contributed by atoms with Crippen molar-refractivity contribution in [3.05, 3.63) is 17.4 Å². The summed E-state index contributed by atoms with van der Waals surface area (Å²) < 4.78 is 0. The molecule has 78 valence electrons. The Bertz CT molecular complexity index is 289. The number of anilines is 1. The lowest BCUT2D eigenvalue weighted by atomic mass is 10.1. The van der Waals surface area contributed by atoms with Gasteiger partial charge in [-0.05, 0) is 6.92 Å². The normalized spacial score (nSPS) is 14.9. The first kappa shape index (κ1) is 11.2. The molecule has 14 heavy (non-hydrogen) atoms. The standard InChI is InChI=1S/C8H12ClN3O2/c1-8(14,5-13)4-12-7-10-2-6(9)3-11-7/h2-3,13-14H,4-5H2,1H3,(H,10,11,12)/t8-/m0/s1. The number of aromatic nitrogens is 2. The summed E-state index contributed by atoms with van der Waals surface area (Å²) in [4.78, 5) is 7.74. The Hall–Kier alpha value is -0.910. The van der Waals surface area contributed by atoms with E-state index in [1.807, 2.05) is 0 Å². The molecule has 5 nitrogen and oxygen atoms in total. The largest absolute Gasteiger partial charge is 0.393 e. The number of rotatable bonds is 4. The summed E-state index contributed by atoms with van der Waals surface area (Å²) in [5, 5.41) is 21.4. The van der Waals surface area contributed by atoms with Crippen molar-refractivity contribution in [2.75, 3.05) is 18.5 Å². The van der Waals surface area contributed by atoms with Crippen molar-refractivity contribution < 1.29 is 10.2 Å². The van der Waals surface area contributed by atoms with Crippen LogP contribution in [0.3, 0.4) is 0 Å². The second kappa shape index (κ2) is 4.54. The minimum Gasteiger partial charge on any atom is -0.393 e. The highest BCUT2D eigenvalue weighted by Crippen LogP contribution is 2.07. The summed E-state index contributed by atoms with van der Waals surface area (Å²) in [5.41, 5.74) is -1.18. The van der Waals surface area contributed by atoms with Crippen LogP contribution in [0.25, 0.3) is 0 Å². The molecule has 0 unspecified atom stereocenters. The first-order chi connectivity index (χ1) is 6.53. The lowest BCUT2D eigenvalue weighted by Gasteiger charge is -2.20. The average molecular weight is 218 g/mol. The first-order valence-corrected chi connectivity index (χ1v) is 4.46. The van der Waals surface area contributed by atoms with Gasteiger partial charge in [-0.1, -0.05) is 11.6 Å². The lowest BCUT2D eigenvalue weighted by Crippen LogP contribution is -2.37. The number of hydrogen-bond donors (Lipinski definition) is 3. The summed E-state index contributed by atoms with van der Waals surface area (Å²) in [5.74, 6) is 0.364. The number of aliphatic hydroxyl groups is 2. The predicted octanol–water partition coefficient (Wildman–Crippen LogP) is 0.285. The zero-order valence-corrected chi connectivity index (χ0v) is 8.49. The van der Waals surface area contributed by atoms with Gasteiger partial charge >= 0.3 is 0 Å². The Morgan fingerprint density at radius 1 is 1.50 bits per heavy atom. The van der Waals surface area contributed by atoms with E-state index >= 15 is 0 Å². The lowest BCUT2D eigenvalue weighted by molar-refractivity contribution is 0.0131. The third kappa shape index (κ3) is 3.45. The molecule has 0 aliphatic carbocycles. The summed E-state index contributed by atoms with van der Waals surface area (Å²) in [6, 6.07) is 0. The van der Waals surface area contributed by atoms with Crippen molar-refractivity contribution in [3.8, 4) is 0 Å². The predicted molar refractivity (Wildman–Crippen MR) is 53.2 cm³/mol. The minimum atomic E-state index is -1.18. The molecule has 1 aromatic rings. The highest BCUT2D eigenvalue weighted by Gasteiger charge is 2.18. The van der Waals surface area contributed by atoms with Crippen LogP contribution in [0.4, 0.5) is 5.95 Å². The molecule has 0 aliphatic heterocycles. The molecule has 0 aromatic carbocycles. The van der Waals surface area contributed by atoms with Crippen LogP contribution in [0.1, 0.15) is 6.92 Å². The molecule has 0 bridgehead atoms. The quantitative estimate of drug-likeness (QED) is 0.676. The smallest absolute Gasteiger partial charge is 0.222 e. The van der Waals surface area contributed by atoms with E-state index < -0.39 is 5.60 Å². The second-order valence-corrected chi connectivity index (χ2v) is 3.67. The van der Waals surface area contributed by atoms with Crippen LogP contribution in [-0.2, 0) is 0 Å². The molecule has 0 amide bonds. The van der Waals surface area contributed by atoms with E-state index in [4.69, 9.17) is 16.7 Å². The molecule has 1 atom stereocenters. The highest BCUT2D eigenvalue weighted by molar-refractivity contribution is 6.30. The Labute approximate surface area is 86.8 Å². The van der Waals surface area contributed by atoms with E-state index in [0.29, 0.717) is 11.0 Å². The van der Waals surface area contributed by atoms with Crippen LogP contribution in [0.5, 0.6) is 0 Å². The summed E-state index contributed by atoms with van der Waals surface area (Å²) >= 11 is 5.59. The van der Waals surface area contributed by atoms with E-state index in [2.05, 4.69) is 15.3 Å². The van der Waals surface area contributed by atoms with Gasteiger partial charge in [-0.25, -0.2) is 9.97 Å². The molecule has 0 spiro atoms. The summed E-state index contributed by atoms with van der Waals surface area (Å²) in [6.07, 6.45) is 2.90. The van der Waals surface area contributed by atoms with E-state index in [1.165, 1.54) is 19.3 Å². The van der Waals surface area contributed by atoms with Gasteiger partial charge in [0.15, 0.2) is 0 Å². The van der Waals surface area contributed by atoms with Crippen LogP contribution in [-0.4, -0.2) is 38.9 Å². The van der Waals surface area contributed by atoms with Crippen LogP contribution in [0.2, 0.25) is 5.02 Å². The molecule has 0 fully saturated rings. The number of aliphatic hydroxyl groups excluding tert-OH is 1. The molecular formula is C8H12ClN3O2. The maximum atomic E-state index is 9.44. The number of nitrogens with zero attached hydrogens (tertiary/aromatic N) is 2. The van der Waals surface area contributed by atoms with Gasteiger partial charge in [-0.3, -0.25) is 0 Å². The maximum Gasteiger partial charge on any atom is 0.222 e. The molecular weight excluding hydrogens is 206 g/mol. The van der Waals surface area contributed by atoms with Crippen molar-refractivity contribution in [1.82, 2.24) is 9.97 Å². The van der Waals surface area contributed by atoms with E-state index in [-0.39, 0.29) is 13.2 Å². The summed E-state index contributed by atoms with van der Waals surface area (Å²) in [7, 11) is 0. The molecule has 6 heteroatoms. The van der Waals surface area contributed by atoms with Gasteiger partial charge in [-0.15, -0.1) is 0 Å². The molecule has 1 aromatic heterocycles. The fourth-order valence-electron chi connectivity index (χ4n) is 0.729.